The van der Waals surface area contributed by atoms with Gasteiger partial charge in [0.25, 0.3) is 5.91 Å². The predicted molar refractivity (Wildman–Crippen MR) is 100 cm³/mol. The molecule has 2 heterocycles. The Morgan fingerprint density at radius 2 is 2.07 bits per heavy atom. The summed E-state index contributed by atoms with van der Waals surface area (Å²) in [5, 5.41) is 3.68. The van der Waals surface area contributed by atoms with Crippen LogP contribution in [0.2, 0.25) is 0 Å². The van der Waals surface area contributed by atoms with Crippen LogP contribution in [-0.4, -0.2) is 32.3 Å². The molecule has 4 rings (SSSR count). The molecule has 1 aliphatic heterocycles. The van der Waals surface area contributed by atoms with E-state index in [1.807, 2.05) is 24.3 Å². The summed E-state index contributed by atoms with van der Waals surface area (Å²) in [6, 6.07) is 14.5. The molecule has 1 saturated heterocycles. The number of nitrogens with zero attached hydrogens (tertiary/aromatic N) is 1. The number of para-hydroxylation sites is 1. The van der Waals surface area contributed by atoms with E-state index in [9.17, 15) is 9.59 Å². The second-order valence-corrected chi connectivity index (χ2v) is 6.11. The van der Waals surface area contributed by atoms with Crippen LogP contribution in [0.25, 0.3) is 11.0 Å². The summed E-state index contributed by atoms with van der Waals surface area (Å²) in [5.74, 6) is -0.163. The molecule has 0 bridgehead atoms. The van der Waals surface area contributed by atoms with Gasteiger partial charge in [0.1, 0.15) is 12.2 Å². The average molecular weight is 366 g/mol. The molecule has 0 radical (unpaired) electrons. The van der Waals surface area contributed by atoms with Crippen LogP contribution < -0.4 is 10.2 Å². The molecule has 3 aromatic rings. The van der Waals surface area contributed by atoms with E-state index in [0.29, 0.717) is 35.7 Å². The Morgan fingerprint density at radius 1 is 1.22 bits per heavy atom. The van der Waals surface area contributed by atoms with Gasteiger partial charge in [0, 0.05) is 29.4 Å². The van der Waals surface area contributed by atoms with Crippen molar-refractivity contribution >= 4 is 34.3 Å². The van der Waals surface area contributed by atoms with Crippen molar-refractivity contribution in [1.82, 2.24) is 0 Å². The molecule has 1 N–H and O–H groups in total. The van der Waals surface area contributed by atoms with Crippen LogP contribution in [0.1, 0.15) is 16.1 Å². The normalized spacial score (nSPS) is 13.8. The minimum absolute atomic E-state index is 0.212. The Balaban J connectivity index is 1.62. The fourth-order valence-electron chi connectivity index (χ4n) is 3.14. The monoisotopic (exact) mass is 366 g/mol. The number of benzene rings is 2. The summed E-state index contributed by atoms with van der Waals surface area (Å²) in [6.07, 6.45) is -0.391. The third kappa shape index (κ3) is 3.24. The number of ether oxygens (including phenoxy) is 2. The standard InChI is InChI=1S/C20H18N2O5/c1-25-12-16-15-7-2-3-8-17(15)27-18(16)19(23)21-13-5-4-6-14(11-13)22-9-10-26-20(22)24/h2-8,11H,9-10,12H2,1H3,(H,21,23). The maximum Gasteiger partial charge on any atom is 0.414 e. The summed E-state index contributed by atoms with van der Waals surface area (Å²) in [4.78, 5) is 26.1. The van der Waals surface area contributed by atoms with E-state index in [4.69, 9.17) is 13.9 Å². The Kier molecular flexibility index (Phi) is 4.52. The Bertz CT molecular complexity index is 1010. The molecule has 0 spiro atoms. The molecular formula is C20H18N2O5. The van der Waals surface area contributed by atoms with Gasteiger partial charge in [-0.1, -0.05) is 24.3 Å². The van der Waals surface area contributed by atoms with Crippen LogP contribution >= 0.6 is 0 Å². The number of amides is 2. The lowest BCUT2D eigenvalue weighted by molar-refractivity contribution is 0.0992. The molecule has 1 fully saturated rings. The van der Waals surface area contributed by atoms with Crippen molar-refractivity contribution in [1.29, 1.82) is 0 Å². The largest absolute Gasteiger partial charge is 0.451 e. The summed E-state index contributed by atoms with van der Waals surface area (Å²) in [7, 11) is 1.57. The maximum atomic E-state index is 12.8. The molecule has 138 valence electrons. The second-order valence-electron chi connectivity index (χ2n) is 6.11. The van der Waals surface area contributed by atoms with Gasteiger partial charge in [-0.3, -0.25) is 9.69 Å². The van der Waals surface area contributed by atoms with Gasteiger partial charge < -0.3 is 19.2 Å². The first-order chi connectivity index (χ1) is 13.2. The van der Waals surface area contributed by atoms with Gasteiger partial charge in [-0.25, -0.2) is 4.79 Å². The number of methoxy groups -OCH3 is 1. The Labute approximate surface area is 155 Å². The van der Waals surface area contributed by atoms with Crippen molar-refractivity contribution in [2.45, 2.75) is 6.61 Å². The lowest BCUT2D eigenvalue weighted by atomic mass is 10.1. The third-order valence-corrected chi connectivity index (χ3v) is 4.37. The van der Waals surface area contributed by atoms with Crippen LogP contribution in [0.3, 0.4) is 0 Å². The van der Waals surface area contributed by atoms with E-state index in [-0.39, 0.29) is 18.3 Å². The topological polar surface area (TPSA) is 81.0 Å². The van der Waals surface area contributed by atoms with Gasteiger partial charge in [-0.2, -0.15) is 0 Å². The average Bonchev–Trinajstić information content (AvgIpc) is 3.26. The van der Waals surface area contributed by atoms with Crippen molar-refractivity contribution in [3.63, 3.8) is 0 Å². The van der Waals surface area contributed by atoms with E-state index in [1.165, 1.54) is 4.90 Å². The third-order valence-electron chi connectivity index (χ3n) is 4.37. The number of nitrogens with one attached hydrogen (secondary N) is 1. The molecular weight excluding hydrogens is 348 g/mol. The fourth-order valence-corrected chi connectivity index (χ4v) is 3.14. The van der Waals surface area contributed by atoms with Gasteiger partial charge >= 0.3 is 6.09 Å². The molecule has 1 aliphatic rings. The van der Waals surface area contributed by atoms with Crippen LogP contribution in [0.5, 0.6) is 0 Å². The minimum Gasteiger partial charge on any atom is -0.451 e. The molecule has 2 amide bonds. The quantitative estimate of drug-likeness (QED) is 0.743. The van der Waals surface area contributed by atoms with Gasteiger partial charge in [0.2, 0.25) is 0 Å². The first-order valence-corrected chi connectivity index (χ1v) is 8.52. The Morgan fingerprint density at radius 3 is 2.85 bits per heavy atom. The zero-order valence-electron chi connectivity index (χ0n) is 14.7. The highest BCUT2D eigenvalue weighted by molar-refractivity contribution is 6.06. The van der Waals surface area contributed by atoms with E-state index < -0.39 is 6.09 Å². The molecule has 2 aromatic carbocycles. The molecule has 27 heavy (non-hydrogen) atoms. The summed E-state index contributed by atoms with van der Waals surface area (Å²) in [6.45, 7) is 1.10. The van der Waals surface area contributed by atoms with Gasteiger partial charge in [0.15, 0.2) is 5.76 Å². The highest BCUT2D eigenvalue weighted by Crippen LogP contribution is 2.28. The number of cyclic esters (lactones) is 1. The second kappa shape index (κ2) is 7.13. The molecule has 7 nitrogen and oxygen atoms in total. The van der Waals surface area contributed by atoms with Crippen molar-refractivity contribution in [3.8, 4) is 0 Å². The zero-order valence-corrected chi connectivity index (χ0v) is 14.7. The number of carbonyl (C=O) groups excluding carboxylic acids is 2. The lowest BCUT2D eigenvalue weighted by Gasteiger charge is -2.14. The number of carbonyl (C=O) groups is 2. The molecule has 0 saturated carbocycles. The smallest absolute Gasteiger partial charge is 0.414 e. The minimum atomic E-state index is -0.391. The summed E-state index contributed by atoms with van der Waals surface area (Å²) >= 11 is 0. The number of rotatable bonds is 5. The predicted octanol–water partition coefficient (Wildman–Crippen LogP) is 3.79. The van der Waals surface area contributed by atoms with Gasteiger partial charge in [0.05, 0.1) is 13.2 Å². The summed E-state index contributed by atoms with van der Waals surface area (Å²) in [5.41, 5.74) is 2.55. The van der Waals surface area contributed by atoms with Crippen molar-refractivity contribution < 1.29 is 23.5 Å². The van der Waals surface area contributed by atoms with Crippen LogP contribution in [0.15, 0.2) is 52.9 Å². The first kappa shape index (κ1) is 17.1. The maximum absolute atomic E-state index is 12.8. The first-order valence-electron chi connectivity index (χ1n) is 8.52. The number of anilines is 2. The lowest BCUT2D eigenvalue weighted by Crippen LogP contribution is -2.23. The van der Waals surface area contributed by atoms with Gasteiger partial charge in [-0.05, 0) is 24.3 Å². The SMILES string of the molecule is COCc1c(C(=O)Nc2cccc(N3CCOC3=O)c2)oc2ccccc12. The molecule has 0 atom stereocenters. The summed E-state index contributed by atoms with van der Waals surface area (Å²) < 4.78 is 15.9. The number of furan rings is 1. The van der Waals surface area contributed by atoms with Crippen LogP contribution in [0.4, 0.5) is 16.2 Å². The van der Waals surface area contributed by atoms with Crippen LogP contribution in [0, 0.1) is 0 Å². The van der Waals surface area contributed by atoms with E-state index >= 15 is 0 Å². The number of fused-ring (bicyclic) bond motifs is 1. The molecule has 0 unspecified atom stereocenters. The molecule has 1 aromatic heterocycles. The van der Waals surface area contributed by atoms with E-state index in [2.05, 4.69) is 5.32 Å². The molecule has 7 heteroatoms. The van der Waals surface area contributed by atoms with Gasteiger partial charge in [-0.15, -0.1) is 0 Å². The fraction of sp³-hybridized carbons (Fsp3) is 0.200. The number of hydrogen-bond donors (Lipinski definition) is 1. The highest BCUT2D eigenvalue weighted by atomic mass is 16.6. The highest BCUT2D eigenvalue weighted by Gasteiger charge is 2.24. The van der Waals surface area contributed by atoms with Crippen molar-refractivity contribution in [3.05, 3.63) is 59.9 Å². The number of hydrogen-bond acceptors (Lipinski definition) is 5. The van der Waals surface area contributed by atoms with Crippen molar-refractivity contribution in [2.75, 3.05) is 30.5 Å². The molecule has 0 aliphatic carbocycles. The van der Waals surface area contributed by atoms with E-state index in [1.54, 1.807) is 31.4 Å². The van der Waals surface area contributed by atoms with Crippen LogP contribution in [-0.2, 0) is 16.1 Å². The van der Waals surface area contributed by atoms with E-state index in [0.717, 1.165) is 5.39 Å². The van der Waals surface area contributed by atoms with Crippen molar-refractivity contribution in [2.24, 2.45) is 0 Å². The Hall–Kier alpha value is -3.32. The zero-order chi connectivity index (χ0) is 18.8.